The molecule has 0 aliphatic carbocycles. The number of nitrogens with zero attached hydrogens (tertiary/aromatic N) is 1. The highest BCUT2D eigenvalue weighted by Crippen LogP contribution is 2.29. The van der Waals surface area contributed by atoms with E-state index in [1.165, 1.54) is 16.8 Å². The van der Waals surface area contributed by atoms with Gasteiger partial charge in [0.15, 0.2) is 0 Å². The van der Waals surface area contributed by atoms with Crippen LogP contribution in [0.15, 0.2) is 12.3 Å². The van der Waals surface area contributed by atoms with Gasteiger partial charge in [-0.1, -0.05) is 20.8 Å². The Hall–Kier alpha value is -0.890. The third-order valence-corrected chi connectivity index (χ3v) is 2.68. The van der Waals surface area contributed by atoms with Crippen LogP contribution in [0.2, 0.25) is 0 Å². The molecule has 0 aromatic carbocycles. The van der Waals surface area contributed by atoms with E-state index < -0.39 is 0 Å². The molecule has 2 nitrogen and oxygen atoms in total. The highest BCUT2D eigenvalue weighted by molar-refractivity contribution is 5.35. The molecule has 0 radical (unpaired) electrons. The van der Waals surface area contributed by atoms with Crippen molar-refractivity contribution in [2.24, 2.45) is 0 Å². The standard InChI is InChI=1S/C12H17NO/c1-12(2,3)10-4-6-13-11-5-7-14-8-9(10)11/h4,6H,5,7-8H2,1-3H3. The molecule has 2 heterocycles. The summed E-state index contributed by atoms with van der Waals surface area (Å²) in [6, 6.07) is 2.12. The molecule has 0 unspecified atom stereocenters. The van der Waals surface area contributed by atoms with Gasteiger partial charge in [0, 0.05) is 23.9 Å². The Kier molecular flexibility index (Phi) is 2.31. The second kappa shape index (κ2) is 3.35. The highest BCUT2D eigenvalue weighted by Gasteiger charge is 2.22. The summed E-state index contributed by atoms with van der Waals surface area (Å²) in [4.78, 5) is 4.41. The van der Waals surface area contributed by atoms with E-state index in [0.29, 0.717) is 0 Å². The van der Waals surface area contributed by atoms with Gasteiger partial charge in [-0.25, -0.2) is 0 Å². The average molecular weight is 191 g/mol. The van der Waals surface area contributed by atoms with Crippen LogP contribution in [0.5, 0.6) is 0 Å². The monoisotopic (exact) mass is 191 g/mol. The Morgan fingerprint density at radius 1 is 1.36 bits per heavy atom. The van der Waals surface area contributed by atoms with Crippen LogP contribution in [-0.2, 0) is 23.2 Å². The van der Waals surface area contributed by atoms with Gasteiger partial charge in [-0.05, 0) is 17.0 Å². The summed E-state index contributed by atoms with van der Waals surface area (Å²) in [5.74, 6) is 0. The lowest BCUT2D eigenvalue weighted by Gasteiger charge is -2.26. The van der Waals surface area contributed by atoms with E-state index in [0.717, 1.165) is 19.6 Å². The lowest BCUT2D eigenvalue weighted by atomic mass is 9.83. The summed E-state index contributed by atoms with van der Waals surface area (Å²) < 4.78 is 5.49. The van der Waals surface area contributed by atoms with Gasteiger partial charge in [-0.15, -0.1) is 0 Å². The molecule has 0 amide bonds. The smallest absolute Gasteiger partial charge is 0.0737 e. The molecular formula is C12H17NO. The van der Waals surface area contributed by atoms with Crippen LogP contribution < -0.4 is 0 Å². The maximum atomic E-state index is 5.49. The first-order valence-corrected chi connectivity index (χ1v) is 5.14. The van der Waals surface area contributed by atoms with E-state index in [2.05, 4.69) is 31.8 Å². The van der Waals surface area contributed by atoms with Gasteiger partial charge in [0.2, 0.25) is 0 Å². The van der Waals surface area contributed by atoms with Gasteiger partial charge in [0.1, 0.15) is 0 Å². The Morgan fingerprint density at radius 3 is 2.86 bits per heavy atom. The predicted molar refractivity (Wildman–Crippen MR) is 56.3 cm³/mol. The topological polar surface area (TPSA) is 22.1 Å². The van der Waals surface area contributed by atoms with E-state index in [-0.39, 0.29) is 5.41 Å². The number of hydrogen-bond donors (Lipinski definition) is 0. The number of rotatable bonds is 0. The van der Waals surface area contributed by atoms with E-state index in [9.17, 15) is 0 Å². The molecule has 0 saturated carbocycles. The Bertz CT molecular complexity index is 339. The van der Waals surface area contributed by atoms with Crippen LogP contribution in [-0.4, -0.2) is 11.6 Å². The van der Waals surface area contributed by atoms with Crippen molar-refractivity contribution in [3.05, 3.63) is 29.1 Å². The third-order valence-electron chi connectivity index (χ3n) is 2.68. The van der Waals surface area contributed by atoms with Crippen LogP contribution in [0.25, 0.3) is 0 Å². The van der Waals surface area contributed by atoms with Crippen LogP contribution in [0, 0.1) is 0 Å². The minimum absolute atomic E-state index is 0.188. The van der Waals surface area contributed by atoms with Crippen molar-refractivity contribution in [3.63, 3.8) is 0 Å². The van der Waals surface area contributed by atoms with Crippen LogP contribution in [0.4, 0.5) is 0 Å². The fraction of sp³-hybridized carbons (Fsp3) is 0.583. The first kappa shape index (κ1) is 9.66. The molecule has 14 heavy (non-hydrogen) atoms. The van der Waals surface area contributed by atoms with Crippen molar-refractivity contribution in [3.8, 4) is 0 Å². The minimum atomic E-state index is 0.188. The summed E-state index contributed by atoms with van der Waals surface area (Å²) in [6.45, 7) is 8.25. The summed E-state index contributed by atoms with van der Waals surface area (Å²) in [5.41, 5.74) is 4.10. The van der Waals surface area contributed by atoms with Crippen molar-refractivity contribution in [1.29, 1.82) is 0 Å². The Balaban J connectivity index is 2.51. The molecule has 0 bridgehead atoms. The van der Waals surface area contributed by atoms with Gasteiger partial charge in [0.25, 0.3) is 0 Å². The SMILES string of the molecule is CC(C)(C)c1ccnc2c1COCC2. The lowest BCUT2D eigenvalue weighted by molar-refractivity contribution is 0.107. The molecule has 0 N–H and O–H groups in total. The number of aromatic nitrogens is 1. The normalized spacial score (nSPS) is 16.5. The maximum absolute atomic E-state index is 5.49. The van der Waals surface area contributed by atoms with Crippen molar-refractivity contribution in [2.75, 3.05) is 6.61 Å². The predicted octanol–water partition coefficient (Wildman–Crippen LogP) is 2.45. The molecule has 76 valence electrons. The largest absolute Gasteiger partial charge is 0.376 e. The second-order valence-electron chi connectivity index (χ2n) is 4.84. The van der Waals surface area contributed by atoms with Crippen molar-refractivity contribution >= 4 is 0 Å². The Morgan fingerprint density at radius 2 is 2.14 bits per heavy atom. The quantitative estimate of drug-likeness (QED) is 0.628. The number of pyridine rings is 1. The van der Waals surface area contributed by atoms with Crippen LogP contribution in [0.1, 0.15) is 37.6 Å². The molecule has 0 atom stereocenters. The zero-order valence-electron chi connectivity index (χ0n) is 9.13. The summed E-state index contributed by atoms with van der Waals surface area (Å²) >= 11 is 0. The fourth-order valence-electron chi connectivity index (χ4n) is 1.96. The van der Waals surface area contributed by atoms with Gasteiger partial charge in [0.05, 0.1) is 13.2 Å². The lowest BCUT2D eigenvalue weighted by Crippen LogP contribution is -2.20. The first-order valence-electron chi connectivity index (χ1n) is 5.14. The highest BCUT2D eigenvalue weighted by atomic mass is 16.5. The number of fused-ring (bicyclic) bond motifs is 1. The summed E-state index contributed by atoms with van der Waals surface area (Å²) in [5, 5.41) is 0. The molecule has 0 fully saturated rings. The molecular weight excluding hydrogens is 174 g/mol. The number of ether oxygens (including phenoxy) is 1. The molecule has 1 aromatic rings. The van der Waals surface area contributed by atoms with Gasteiger partial charge in [-0.2, -0.15) is 0 Å². The molecule has 0 saturated heterocycles. The Labute approximate surface area is 85.3 Å². The average Bonchev–Trinajstić information content (AvgIpc) is 2.15. The van der Waals surface area contributed by atoms with E-state index in [4.69, 9.17) is 4.74 Å². The summed E-state index contributed by atoms with van der Waals surface area (Å²) in [7, 11) is 0. The first-order chi connectivity index (χ1) is 6.59. The number of hydrogen-bond acceptors (Lipinski definition) is 2. The zero-order chi connectivity index (χ0) is 10.2. The molecule has 2 heteroatoms. The molecule has 1 aliphatic rings. The van der Waals surface area contributed by atoms with E-state index in [1.54, 1.807) is 0 Å². The van der Waals surface area contributed by atoms with Crippen molar-refractivity contribution in [2.45, 2.75) is 39.2 Å². The van der Waals surface area contributed by atoms with Crippen LogP contribution >= 0.6 is 0 Å². The summed E-state index contributed by atoms with van der Waals surface area (Å²) in [6.07, 6.45) is 2.88. The van der Waals surface area contributed by atoms with Crippen LogP contribution in [0.3, 0.4) is 0 Å². The molecule has 1 aliphatic heterocycles. The van der Waals surface area contributed by atoms with E-state index >= 15 is 0 Å². The van der Waals surface area contributed by atoms with Gasteiger partial charge >= 0.3 is 0 Å². The molecule has 0 spiro atoms. The van der Waals surface area contributed by atoms with E-state index in [1.807, 2.05) is 6.20 Å². The van der Waals surface area contributed by atoms with Gasteiger partial charge in [-0.3, -0.25) is 4.98 Å². The minimum Gasteiger partial charge on any atom is -0.376 e. The van der Waals surface area contributed by atoms with Crippen molar-refractivity contribution in [1.82, 2.24) is 4.98 Å². The zero-order valence-corrected chi connectivity index (χ0v) is 9.13. The fourth-order valence-corrected chi connectivity index (χ4v) is 1.96. The molecule has 2 rings (SSSR count). The third kappa shape index (κ3) is 1.67. The second-order valence-corrected chi connectivity index (χ2v) is 4.84. The van der Waals surface area contributed by atoms with Crippen molar-refractivity contribution < 1.29 is 4.74 Å². The molecule has 1 aromatic heterocycles. The van der Waals surface area contributed by atoms with Gasteiger partial charge < -0.3 is 4.74 Å². The maximum Gasteiger partial charge on any atom is 0.0737 e.